The van der Waals surface area contributed by atoms with Crippen LogP contribution in [0.1, 0.15) is 38.3 Å². The topological polar surface area (TPSA) is 59.4 Å². The van der Waals surface area contributed by atoms with Gasteiger partial charge in [0.15, 0.2) is 0 Å². The summed E-state index contributed by atoms with van der Waals surface area (Å²) >= 11 is 0. The standard InChI is InChI=1S/C15H20FNO3/c1-15(19,13-8-7-12(16)9-17-13)11-5-3-10(4-6-11)14(18)20-2/h7-11,19H,3-6H2,1-2H3. The minimum Gasteiger partial charge on any atom is -0.469 e. The summed E-state index contributed by atoms with van der Waals surface area (Å²) in [7, 11) is 1.40. The molecule has 1 aliphatic rings. The number of hydrogen-bond donors (Lipinski definition) is 1. The Bertz CT molecular complexity index is 465. The van der Waals surface area contributed by atoms with E-state index in [0.717, 1.165) is 19.0 Å². The summed E-state index contributed by atoms with van der Waals surface area (Å²) in [6.45, 7) is 1.70. The van der Waals surface area contributed by atoms with Gasteiger partial charge >= 0.3 is 5.97 Å². The van der Waals surface area contributed by atoms with Crippen LogP contribution in [0.4, 0.5) is 4.39 Å². The van der Waals surface area contributed by atoms with Crippen LogP contribution in [0.5, 0.6) is 0 Å². The van der Waals surface area contributed by atoms with Crippen molar-refractivity contribution >= 4 is 5.97 Å². The molecular weight excluding hydrogens is 261 g/mol. The summed E-state index contributed by atoms with van der Waals surface area (Å²) in [6, 6.07) is 2.82. The molecule has 5 heteroatoms. The van der Waals surface area contributed by atoms with E-state index in [1.54, 1.807) is 6.92 Å². The summed E-state index contributed by atoms with van der Waals surface area (Å²) < 4.78 is 17.7. The van der Waals surface area contributed by atoms with Gasteiger partial charge in [0.1, 0.15) is 11.4 Å². The Hall–Kier alpha value is -1.49. The molecule has 0 saturated heterocycles. The summed E-state index contributed by atoms with van der Waals surface area (Å²) in [6.07, 6.45) is 3.98. The van der Waals surface area contributed by atoms with Crippen molar-refractivity contribution in [2.75, 3.05) is 7.11 Å². The molecule has 0 spiro atoms. The van der Waals surface area contributed by atoms with E-state index in [4.69, 9.17) is 4.74 Å². The molecule has 0 aliphatic heterocycles. The molecule has 0 radical (unpaired) electrons. The molecule has 1 aromatic heterocycles. The number of methoxy groups -OCH3 is 1. The number of hydrogen-bond acceptors (Lipinski definition) is 4. The first kappa shape index (κ1) is 14.9. The van der Waals surface area contributed by atoms with E-state index in [1.165, 1.54) is 19.2 Å². The summed E-state index contributed by atoms with van der Waals surface area (Å²) in [4.78, 5) is 15.5. The van der Waals surface area contributed by atoms with E-state index < -0.39 is 11.4 Å². The molecule has 0 amide bonds. The van der Waals surface area contributed by atoms with E-state index in [9.17, 15) is 14.3 Å². The number of esters is 1. The zero-order valence-corrected chi connectivity index (χ0v) is 11.8. The van der Waals surface area contributed by atoms with Gasteiger partial charge in [-0.15, -0.1) is 0 Å². The normalized spacial score (nSPS) is 25.8. The smallest absolute Gasteiger partial charge is 0.308 e. The van der Waals surface area contributed by atoms with Gasteiger partial charge in [-0.3, -0.25) is 9.78 Å². The lowest BCUT2D eigenvalue weighted by molar-refractivity contribution is -0.148. The second-order valence-electron chi connectivity index (χ2n) is 5.58. The average molecular weight is 281 g/mol. The fraction of sp³-hybridized carbons (Fsp3) is 0.600. The molecule has 0 bridgehead atoms. The van der Waals surface area contributed by atoms with E-state index >= 15 is 0 Å². The molecule has 1 saturated carbocycles. The Morgan fingerprint density at radius 2 is 2.05 bits per heavy atom. The lowest BCUT2D eigenvalue weighted by Gasteiger charge is -2.37. The van der Waals surface area contributed by atoms with Crippen molar-refractivity contribution in [1.82, 2.24) is 4.98 Å². The van der Waals surface area contributed by atoms with E-state index in [-0.39, 0.29) is 17.8 Å². The fourth-order valence-electron chi connectivity index (χ4n) is 2.94. The minimum atomic E-state index is -1.10. The number of carbonyl (C=O) groups excluding carboxylic acids is 1. The number of halogens is 1. The van der Waals surface area contributed by atoms with Crippen LogP contribution < -0.4 is 0 Å². The Labute approximate surface area is 118 Å². The molecule has 4 nitrogen and oxygen atoms in total. The van der Waals surface area contributed by atoms with Gasteiger partial charge in [0, 0.05) is 0 Å². The van der Waals surface area contributed by atoms with Crippen molar-refractivity contribution in [3.05, 3.63) is 29.8 Å². The van der Waals surface area contributed by atoms with E-state index in [0.29, 0.717) is 18.5 Å². The van der Waals surface area contributed by atoms with Gasteiger partial charge in [-0.25, -0.2) is 4.39 Å². The summed E-state index contributed by atoms with van der Waals surface area (Å²) in [5.41, 5.74) is -0.630. The average Bonchev–Trinajstić information content (AvgIpc) is 2.47. The highest BCUT2D eigenvalue weighted by molar-refractivity contribution is 5.72. The van der Waals surface area contributed by atoms with Crippen LogP contribution in [0.25, 0.3) is 0 Å². The van der Waals surface area contributed by atoms with Crippen molar-refractivity contribution in [2.24, 2.45) is 11.8 Å². The van der Waals surface area contributed by atoms with Gasteiger partial charge in [-0.1, -0.05) is 0 Å². The maximum atomic E-state index is 12.9. The molecule has 1 aromatic rings. The molecule has 1 unspecified atom stereocenters. The first-order valence-electron chi connectivity index (χ1n) is 6.87. The summed E-state index contributed by atoms with van der Waals surface area (Å²) in [5.74, 6) is -0.656. The molecule has 20 heavy (non-hydrogen) atoms. The van der Waals surface area contributed by atoms with Gasteiger partial charge in [-0.05, 0) is 50.7 Å². The van der Waals surface area contributed by atoms with Crippen LogP contribution in [-0.4, -0.2) is 23.2 Å². The number of aliphatic hydroxyl groups is 1. The maximum absolute atomic E-state index is 12.9. The molecule has 2 rings (SSSR count). The monoisotopic (exact) mass is 281 g/mol. The van der Waals surface area contributed by atoms with Crippen LogP contribution in [0.15, 0.2) is 18.3 Å². The highest BCUT2D eigenvalue weighted by Crippen LogP contribution is 2.40. The number of ether oxygens (including phenoxy) is 1. The fourth-order valence-corrected chi connectivity index (χ4v) is 2.94. The minimum absolute atomic E-state index is 0.0152. The number of nitrogens with zero attached hydrogens (tertiary/aromatic N) is 1. The quantitative estimate of drug-likeness (QED) is 0.864. The van der Waals surface area contributed by atoms with E-state index in [2.05, 4.69) is 4.98 Å². The SMILES string of the molecule is COC(=O)C1CCC(C(C)(O)c2ccc(F)cn2)CC1. The second-order valence-corrected chi connectivity index (χ2v) is 5.58. The van der Waals surface area contributed by atoms with Gasteiger partial charge < -0.3 is 9.84 Å². The third-order valence-corrected chi connectivity index (χ3v) is 4.30. The molecule has 1 N–H and O–H groups in total. The van der Waals surface area contributed by atoms with Gasteiger partial charge in [0.05, 0.1) is 24.9 Å². The number of rotatable bonds is 3. The predicted molar refractivity (Wildman–Crippen MR) is 71.2 cm³/mol. The predicted octanol–water partition coefficient (Wildman–Crippen LogP) is 2.41. The first-order chi connectivity index (χ1) is 9.45. The Balaban J connectivity index is 2.05. The molecule has 1 heterocycles. The van der Waals surface area contributed by atoms with Crippen molar-refractivity contribution < 1.29 is 19.0 Å². The third kappa shape index (κ3) is 2.98. The molecule has 1 aliphatic carbocycles. The largest absolute Gasteiger partial charge is 0.469 e. The van der Waals surface area contributed by atoms with Crippen LogP contribution in [0.3, 0.4) is 0 Å². The lowest BCUT2D eigenvalue weighted by Crippen LogP contribution is -2.36. The second kappa shape index (κ2) is 5.87. The van der Waals surface area contributed by atoms with Crippen molar-refractivity contribution in [3.63, 3.8) is 0 Å². The Morgan fingerprint density at radius 3 is 2.55 bits per heavy atom. The number of pyridine rings is 1. The van der Waals surface area contributed by atoms with Crippen LogP contribution >= 0.6 is 0 Å². The number of carbonyl (C=O) groups is 1. The van der Waals surface area contributed by atoms with Crippen molar-refractivity contribution in [3.8, 4) is 0 Å². The van der Waals surface area contributed by atoms with Crippen molar-refractivity contribution in [1.29, 1.82) is 0 Å². The van der Waals surface area contributed by atoms with Crippen LogP contribution in [0, 0.1) is 17.7 Å². The maximum Gasteiger partial charge on any atom is 0.308 e. The molecule has 110 valence electrons. The molecule has 1 atom stereocenters. The zero-order valence-electron chi connectivity index (χ0n) is 11.8. The van der Waals surface area contributed by atoms with Crippen LogP contribution in [-0.2, 0) is 15.1 Å². The number of aromatic nitrogens is 1. The zero-order chi connectivity index (χ0) is 14.8. The highest BCUT2D eigenvalue weighted by atomic mass is 19.1. The van der Waals surface area contributed by atoms with Gasteiger partial charge in [-0.2, -0.15) is 0 Å². The van der Waals surface area contributed by atoms with E-state index in [1.807, 2.05) is 0 Å². The third-order valence-electron chi connectivity index (χ3n) is 4.30. The molecule has 0 aromatic carbocycles. The first-order valence-corrected chi connectivity index (χ1v) is 6.87. The Kier molecular flexibility index (Phi) is 4.38. The van der Waals surface area contributed by atoms with Gasteiger partial charge in [0.25, 0.3) is 0 Å². The van der Waals surface area contributed by atoms with Crippen LogP contribution in [0.2, 0.25) is 0 Å². The molecule has 1 fully saturated rings. The van der Waals surface area contributed by atoms with Gasteiger partial charge in [0.2, 0.25) is 0 Å². The molecular formula is C15H20FNO3. The Morgan fingerprint density at radius 1 is 1.40 bits per heavy atom. The highest BCUT2D eigenvalue weighted by Gasteiger charge is 2.39. The van der Waals surface area contributed by atoms with Crippen molar-refractivity contribution in [2.45, 2.75) is 38.2 Å². The lowest BCUT2D eigenvalue weighted by atomic mass is 9.73. The summed E-state index contributed by atoms with van der Waals surface area (Å²) in [5, 5.41) is 10.7.